The third kappa shape index (κ3) is 6.17. The second kappa shape index (κ2) is 10.3. The first-order valence-corrected chi connectivity index (χ1v) is 10.3. The molecule has 7 nitrogen and oxygen atoms in total. The van der Waals surface area contributed by atoms with Gasteiger partial charge >= 0.3 is 5.97 Å². The highest BCUT2D eigenvalue weighted by molar-refractivity contribution is 7.99. The number of carbonyl (C=O) groups is 3. The predicted molar refractivity (Wildman–Crippen MR) is 111 cm³/mol. The molecule has 164 valence electrons. The fourth-order valence-electron chi connectivity index (χ4n) is 2.93. The molecule has 0 spiro atoms. The summed E-state index contributed by atoms with van der Waals surface area (Å²) in [6.45, 7) is 1.22. The lowest BCUT2D eigenvalue weighted by molar-refractivity contribution is -0.147. The molecule has 0 aromatic heterocycles. The van der Waals surface area contributed by atoms with Crippen molar-refractivity contribution in [3.8, 4) is 5.75 Å². The summed E-state index contributed by atoms with van der Waals surface area (Å²) in [4.78, 5) is 38.2. The van der Waals surface area contributed by atoms with E-state index < -0.39 is 30.3 Å². The highest BCUT2D eigenvalue weighted by Gasteiger charge is 2.31. The van der Waals surface area contributed by atoms with E-state index in [1.54, 1.807) is 31.2 Å². The Hall–Kier alpha value is -3.14. The van der Waals surface area contributed by atoms with E-state index in [1.165, 1.54) is 29.2 Å². The smallest absolute Gasteiger partial charge is 0.308 e. The minimum absolute atomic E-state index is 0.0905. The lowest BCUT2D eigenvalue weighted by atomic mass is 10.2. The summed E-state index contributed by atoms with van der Waals surface area (Å²) in [5.74, 6) is -3.44. The van der Waals surface area contributed by atoms with Crippen LogP contribution in [0, 0.1) is 0 Å². The topological polar surface area (TPSA) is 84.9 Å². The molecule has 1 N–H and O–H groups in total. The predicted octanol–water partition coefficient (Wildman–Crippen LogP) is 3.69. The number of fused-ring (bicyclic) bond motifs is 1. The van der Waals surface area contributed by atoms with Crippen molar-refractivity contribution < 1.29 is 32.6 Å². The van der Waals surface area contributed by atoms with Crippen LogP contribution in [0.5, 0.6) is 5.75 Å². The van der Waals surface area contributed by atoms with Crippen LogP contribution >= 0.6 is 11.8 Å². The Morgan fingerprint density at radius 2 is 1.90 bits per heavy atom. The summed E-state index contributed by atoms with van der Waals surface area (Å²) in [6, 6.07) is 12.9. The zero-order valence-electron chi connectivity index (χ0n) is 16.5. The number of benzene rings is 2. The minimum atomic E-state index is -2.52. The van der Waals surface area contributed by atoms with Gasteiger partial charge in [0, 0.05) is 17.1 Å². The second-order valence-corrected chi connectivity index (χ2v) is 7.64. The molecule has 0 bridgehead atoms. The number of esters is 1. The first-order valence-electron chi connectivity index (χ1n) is 9.41. The van der Waals surface area contributed by atoms with E-state index in [4.69, 9.17) is 9.47 Å². The summed E-state index contributed by atoms with van der Waals surface area (Å²) in [5.41, 5.74) is 0.966. The van der Waals surface area contributed by atoms with Crippen LogP contribution in [0.3, 0.4) is 0 Å². The van der Waals surface area contributed by atoms with Gasteiger partial charge in [0.2, 0.25) is 0 Å². The Kier molecular flexibility index (Phi) is 7.45. The molecule has 10 heteroatoms. The largest absolute Gasteiger partial charge is 0.479 e. The van der Waals surface area contributed by atoms with Crippen LogP contribution in [-0.2, 0) is 19.1 Å². The van der Waals surface area contributed by atoms with Gasteiger partial charge in [0.25, 0.3) is 17.6 Å². The number of hydrogen-bond donors (Lipinski definition) is 1. The van der Waals surface area contributed by atoms with Crippen LogP contribution in [0.2, 0.25) is 0 Å². The summed E-state index contributed by atoms with van der Waals surface area (Å²) in [5, 5.41) is 2.52. The Balaban J connectivity index is 1.46. The lowest BCUT2D eigenvalue weighted by Gasteiger charge is -2.32. The van der Waals surface area contributed by atoms with Gasteiger partial charge in [-0.05, 0) is 43.3 Å². The van der Waals surface area contributed by atoms with Gasteiger partial charge in [0.05, 0.1) is 12.1 Å². The van der Waals surface area contributed by atoms with E-state index in [-0.39, 0.29) is 18.9 Å². The van der Waals surface area contributed by atoms with E-state index in [0.29, 0.717) is 33.8 Å². The number of nitrogens with zero attached hydrogens (tertiary/aromatic N) is 1. The van der Waals surface area contributed by atoms with E-state index in [1.807, 2.05) is 0 Å². The number of hydrogen-bond acceptors (Lipinski definition) is 6. The average molecular weight is 450 g/mol. The Morgan fingerprint density at radius 1 is 1.19 bits per heavy atom. The molecule has 1 heterocycles. The molecule has 2 amide bonds. The average Bonchev–Trinajstić information content (AvgIpc) is 2.73. The van der Waals surface area contributed by atoms with Crippen molar-refractivity contribution in [2.45, 2.75) is 30.1 Å². The van der Waals surface area contributed by atoms with Gasteiger partial charge in [-0.1, -0.05) is 23.9 Å². The Morgan fingerprint density at radius 3 is 2.61 bits per heavy atom. The molecule has 2 aromatic carbocycles. The number of amides is 2. The quantitative estimate of drug-likeness (QED) is 0.488. The number of ether oxygens (including phenoxy) is 2. The molecule has 0 radical (unpaired) electrons. The zero-order valence-corrected chi connectivity index (χ0v) is 17.4. The van der Waals surface area contributed by atoms with Crippen LogP contribution in [0.15, 0.2) is 53.4 Å². The van der Waals surface area contributed by atoms with Crippen molar-refractivity contribution in [3.05, 3.63) is 48.5 Å². The molecule has 0 fully saturated rings. The SMILES string of the molecule is CC1Oc2ccccc2N(CCC(=O)OCC(=O)Nc2ccc(SC(F)F)cc2)C1=O. The van der Waals surface area contributed by atoms with E-state index >= 15 is 0 Å². The van der Waals surface area contributed by atoms with Gasteiger partial charge in [-0.15, -0.1) is 0 Å². The fraction of sp³-hybridized carbons (Fsp3) is 0.286. The fourth-order valence-corrected chi connectivity index (χ4v) is 3.43. The Bertz CT molecular complexity index is 955. The monoisotopic (exact) mass is 450 g/mol. The second-order valence-electron chi connectivity index (χ2n) is 6.58. The number of halogens is 2. The lowest BCUT2D eigenvalue weighted by Crippen LogP contribution is -2.45. The maximum atomic E-state index is 12.4. The van der Waals surface area contributed by atoms with Crippen molar-refractivity contribution in [2.24, 2.45) is 0 Å². The molecule has 1 aliphatic heterocycles. The number of nitrogens with one attached hydrogen (secondary N) is 1. The molecule has 0 saturated heterocycles. The van der Waals surface area contributed by atoms with Crippen molar-refractivity contribution >= 4 is 40.9 Å². The minimum Gasteiger partial charge on any atom is -0.479 e. The van der Waals surface area contributed by atoms with Gasteiger partial charge in [-0.3, -0.25) is 14.4 Å². The summed E-state index contributed by atoms with van der Waals surface area (Å²) < 4.78 is 35.2. The maximum absolute atomic E-state index is 12.4. The zero-order chi connectivity index (χ0) is 22.4. The molecule has 0 saturated carbocycles. The molecule has 2 aromatic rings. The standard InChI is InChI=1S/C21H20F2N2O5S/c1-13-20(28)25(16-4-2-3-5-17(16)30-13)11-10-19(27)29-12-18(26)24-14-6-8-15(9-7-14)31-21(22)23/h2-9,13,21H,10-12H2,1H3,(H,24,26). The van der Waals surface area contributed by atoms with Crippen LogP contribution in [-0.4, -0.2) is 42.8 Å². The number of thioether (sulfide) groups is 1. The number of rotatable bonds is 8. The molecular weight excluding hydrogens is 430 g/mol. The van der Waals surface area contributed by atoms with Crippen molar-refractivity contribution in [1.29, 1.82) is 0 Å². The third-order valence-electron chi connectivity index (χ3n) is 4.34. The van der Waals surface area contributed by atoms with Gasteiger partial charge in [-0.25, -0.2) is 0 Å². The normalized spacial score (nSPS) is 15.3. The van der Waals surface area contributed by atoms with E-state index in [9.17, 15) is 23.2 Å². The van der Waals surface area contributed by atoms with Crippen LogP contribution in [0.25, 0.3) is 0 Å². The van der Waals surface area contributed by atoms with Gasteiger partial charge in [0.15, 0.2) is 12.7 Å². The van der Waals surface area contributed by atoms with Crippen molar-refractivity contribution in [2.75, 3.05) is 23.4 Å². The Labute approximate surface area is 181 Å². The van der Waals surface area contributed by atoms with Gasteiger partial charge in [0.1, 0.15) is 5.75 Å². The highest BCUT2D eigenvalue weighted by Crippen LogP contribution is 2.33. The molecule has 3 rings (SSSR count). The van der Waals surface area contributed by atoms with Crippen molar-refractivity contribution in [3.63, 3.8) is 0 Å². The van der Waals surface area contributed by atoms with Crippen LogP contribution < -0.4 is 15.0 Å². The summed E-state index contributed by atoms with van der Waals surface area (Å²) in [6.07, 6.45) is -0.762. The van der Waals surface area contributed by atoms with E-state index in [2.05, 4.69) is 5.32 Å². The van der Waals surface area contributed by atoms with Crippen LogP contribution in [0.4, 0.5) is 20.2 Å². The molecule has 31 heavy (non-hydrogen) atoms. The molecule has 1 unspecified atom stereocenters. The summed E-state index contributed by atoms with van der Waals surface area (Å²) in [7, 11) is 0. The maximum Gasteiger partial charge on any atom is 0.308 e. The number of alkyl halides is 2. The number of para-hydroxylation sites is 2. The first-order chi connectivity index (χ1) is 14.8. The molecular formula is C21H20F2N2O5S. The number of anilines is 2. The summed E-state index contributed by atoms with van der Waals surface area (Å²) >= 11 is 0.402. The number of carbonyl (C=O) groups excluding carboxylic acids is 3. The van der Waals surface area contributed by atoms with Gasteiger partial charge < -0.3 is 19.7 Å². The molecule has 1 aliphatic rings. The molecule has 0 aliphatic carbocycles. The third-order valence-corrected chi connectivity index (χ3v) is 5.06. The van der Waals surface area contributed by atoms with Gasteiger partial charge in [-0.2, -0.15) is 8.78 Å². The van der Waals surface area contributed by atoms with Crippen LogP contribution in [0.1, 0.15) is 13.3 Å². The van der Waals surface area contributed by atoms with E-state index in [0.717, 1.165) is 0 Å². The highest BCUT2D eigenvalue weighted by atomic mass is 32.2. The first kappa shape index (κ1) is 22.5. The van der Waals surface area contributed by atoms with Crippen molar-refractivity contribution in [1.82, 2.24) is 0 Å². The molecule has 1 atom stereocenters.